The normalized spacial score (nSPS) is 23.6. The predicted octanol–water partition coefficient (Wildman–Crippen LogP) is 3.61. The molecule has 1 saturated heterocycles. The third-order valence-corrected chi connectivity index (χ3v) is 5.87. The maximum absolute atomic E-state index is 12.6. The van der Waals surface area contributed by atoms with Crippen LogP contribution < -0.4 is 10.2 Å². The number of nitrogens with one attached hydrogen (secondary N) is 1. The Hall–Kier alpha value is -1.75. The van der Waals surface area contributed by atoms with Crippen molar-refractivity contribution in [1.82, 2.24) is 4.90 Å². The van der Waals surface area contributed by atoms with Gasteiger partial charge in [-0.15, -0.1) is 0 Å². The van der Waals surface area contributed by atoms with Crippen LogP contribution in [0.5, 0.6) is 0 Å². The lowest BCUT2D eigenvalue weighted by Gasteiger charge is -2.34. The molecule has 0 spiro atoms. The summed E-state index contributed by atoms with van der Waals surface area (Å²) in [5, 5.41) is 12.3. The molecule has 2 aliphatic rings. The van der Waals surface area contributed by atoms with Crippen molar-refractivity contribution >= 4 is 17.4 Å². The smallest absolute Gasteiger partial charge is 0.321 e. The zero-order valence-corrected chi connectivity index (χ0v) is 15.5. The average Bonchev–Trinajstić information content (AvgIpc) is 3.17. The van der Waals surface area contributed by atoms with Gasteiger partial charge in [-0.05, 0) is 75.1 Å². The van der Waals surface area contributed by atoms with Crippen molar-refractivity contribution in [2.24, 2.45) is 5.92 Å². The maximum atomic E-state index is 12.6. The van der Waals surface area contributed by atoms with Crippen molar-refractivity contribution in [3.05, 3.63) is 23.8 Å². The minimum Gasteiger partial charge on any atom is -0.396 e. The van der Waals surface area contributed by atoms with Crippen molar-refractivity contribution in [2.45, 2.75) is 51.5 Å². The Morgan fingerprint density at radius 3 is 2.52 bits per heavy atom. The Balaban J connectivity index is 1.58. The molecule has 0 atom stereocenters. The van der Waals surface area contributed by atoms with Gasteiger partial charge >= 0.3 is 6.03 Å². The summed E-state index contributed by atoms with van der Waals surface area (Å²) in [5.74, 6) is 0.410. The predicted molar refractivity (Wildman–Crippen MR) is 102 cm³/mol. The van der Waals surface area contributed by atoms with Crippen LogP contribution in [-0.2, 0) is 0 Å². The molecule has 2 fully saturated rings. The summed E-state index contributed by atoms with van der Waals surface area (Å²) in [7, 11) is 1.88. The molecular weight excluding hydrogens is 314 g/mol. The molecule has 1 aromatic carbocycles. The van der Waals surface area contributed by atoms with Crippen LogP contribution >= 0.6 is 0 Å². The summed E-state index contributed by atoms with van der Waals surface area (Å²) in [6.45, 7) is 4.58. The average molecular weight is 345 g/mol. The summed E-state index contributed by atoms with van der Waals surface area (Å²) >= 11 is 0. The number of aliphatic hydroxyl groups is 1. The highest BCUT2D eigenvalue weighted by Gasteiger charge is 2.26. The van der Waals surface area contributed by atoms with Crippen LogP contribution in [0.15, 0.2) is 18.2 Å². The van der Waals surface area contributed by atoms with E-state index in [4.69, 9.17) is 0 Å². The highest BCUT2D eigenvalue weighted by molar-refractivity contribution is 5.90. The first-order valence-corrected chi connectivity index (χ1v) is 9.58. The first-order chi connectivity index (χ1) is 12.1. The minimum absolute atomic E-state index is 0.0375. The van der Waals surface area contributed by atoms with Crippen LogP contribution in [0.25, 0.3) is 0 Å². The second-order valence-corrected chi connectivity index (χ2v) is 7.59. The van der Waals surface area contributed by atoms with Crippen molar-refractivity contribution in [1.29, 1.82) is 0 Å². The Morgan fingerprint density at radius 1 is 1.24 bits per heavy atom. The van der Waals surface area contributed by atoms with Crippen LogP contribution in [0, 0.1) is 12.8 Å². The van der Waals surface area contributed by atoms with Gasteiger partial charge in [0.25, 0.3) is 0 Å². The summed E-state index contributed by atoms with van der Waals surface area (Å²) in [6, 6.07) is 6.54. The number of nitrogens with zero attached hydrogens (tertiary/aromatic N) is 2. The highest BCUT2D eigenvalue weighted by Crippen LogP contribution is 2.28. The molecule has 1 aliphatic heterocycles. The number of carbonyl (C=O) groups excluding carboxylic acids is 1. The van der Waals surface area contributed by atoms with E-state index < -0.39 is 0 Å². The Bertz CT molecular complexity index is 591. The monoisotopic (exact) mass is 345 g/mol. The van der Waals surface area contributed by atoms with Gasteiger partial charge < -0.3 is 20.2 Å². The van der Waals surface area contributed by atoms with E-state index in [1.54, 1.807) is 0 Å². The number of aliphatic hydroxyl groups excluding tert-OH is 1. The lowest BCUT2D eigenvalue weighted by Crippen LogP contribution is -2.42. The molecule has 25 heavy (non-hydrogen) atoms. The van der Waals surface area contributed by atoms with Crippen molar-refractivity contribution in [3.63, 3.8) is 0 Å². The molecule has 0 bridgehead atoms. The van der Waals surface area contributed by atoms with Gasteiger partial charge in [-0.3, -0.25) is 0 Å². The van der Waals surface area contributed by atoms with Gasteiger partial charge in [-0.25, -0.2) is 4.79 Å². The van der Waals surface area contributed by atoms with E-state index in [-0.39, 0.29) is 18.7 Å². The highest BCUT2D eigenvalue weighted by atomic mass is 16.3. The molecule has 0 radical (unpaired) electrons. The Labute approximate surface area is 151 Å². The topological polar surface area (TPSA) is 55.8 Å². The molecule has 1 aliphatic carbocycles. The lowest BCUT2D eigenvalue weighted by atomic mass is 9.86. The van der Waals surface area contributed by atoms with E-state index in [0.717, 1.165) is 50.0 Å². The van der Waals surface area contributed by atoms with E-state index >= 15 is 0 Å². The van der Waals surface area contributed by atoms with Gasteiger partial charge in [-0.2, -0.15) is 0 Å². The van der Waals surface area contributed by atoms with Gasteiger partial charge in [0.1, 0.15) is 0 Å². The second kappa shape index (κ2) is 8.09. The van der Waals surface area contributed by atoms with Gasteiger partial charge in [0, 0.05) is 44.2 Å². The molecule has 2 N–H and O–H groups in total. The van der Waals surface area contributed by atoms with Gasteiger partial charge in [0.05, 0.1) is 0 Å². The molecule has 0 aromatic heterocycles. The van der Waals surface area contributed by atoms with E-state index in [0.29, 0.717) is 5.92 Å². The van der Waals surface area contributed by atoms with Gasteiger partial charge in [0.15, 0.2) is 0 Å². The third-order valence-electron chi connectivity index (χ3n) is 5.87. The SMILES string of the molecule is Cc1cc(N2CCCC2)ccc1NC(=O)N(C)C1CCC(CO)CC1. The quantitative estimate of drug-likeness (QED) is 0.876. The first kappa shape index (κ1) is 18.1. The Kier molecular flexibility index (Phi) is 5.84. The van der Waals surface area contributed by atoms with Crippen LogP contribution in [0.3, 0.4) is 0 Å². The van der Waals surface area contributed by atoms with Gasteiger partial charge in [0.2, 0.25) is 0 Å². The first-order valence-electron chi connectivity index (χ1n) is 9.58. The van der Waals surface area contributed by atoms with Crippen LogP contribution in [-0.4, -0.2) is 48.8 Å². The molecule has 3 rings (SSSR count). The zero-order valence-electron chi connectivity index (χ0n) is 15.5. The fourth-order valence-corrected chi connectivity index (χ4v) is 4.04. The number of hydrogen-bond acceptors (Lipinski definition) is 3. The molecule has 138 valence electrons. The summed E-state index contributed by atoms with van der Waals surface area (Å²) < 4.78 is 0. The molecule has 1 aromatic rings. The van der Waals surface area contributed by atoms with E-state index in [1.165, 1.54) is 18.5 Å². The summed E-state index contributed by atoms with van der Waals surface area (Å²) in [5.41, 5.74) is 3.25. The largest absolute Gasteiger partial charge is 0.396 e. The number of anilines is 2. The van der Waals surface area contributed by atoms with E-state index in [9.17, 15) is 9.90 Å². The molecular formula is C20H31N3O2. The number of carbonyl (C=O) groups is 1. The van der Waals surface area contributed by atoms with E-state index in [2.05, 4.69) is 29.3 Å². The van der Waals surface area contributed by atoms with Crippen molar-refractivity contribution < 1.29 is 9.90 Å². The zero-order chi connectivity index (χ0) is 17.8. The molecule has 5 heteroatoms. The van der Waals surface area contributed by atoms with Gasteiger partial charge in [-0.1, -0.05) is 0 Å². The summed E-state index contributed by atoms with van der Waals surface area (Å²) in [4.78, 5) is 16.9. The second-order valence-electron chi connectivity index (χ2n) is 7.59. The number of benzene rings is 1. The van der Waals surface area contributed by atoms with Crippen LogP contribution in [0.1, 0.15) is 44.1 Å². The van der Waals surface area contributed by atoms with E-state index in [1.807, 2.05) is 18.0 Å². The molecule has 2 amide bonds. The number of aryl methyl sites for hydroxylation is 1. The van der Waals surface area contributed by atoms with Crippen LogP contribution in [0.4, 0.5) is 16.2 Å². The summed E-state index contributed by atoms with van der Waals surface area (Å²) in [6.07, 6.45) is 6.48. The molecule has 5 nitrogen and oxygen atoms in total. The number of rotatable bonds is 4. The lowest BCUT2D eigenvalue weighted by molar-refractivity contribution is 0.139. The number of hydrogen-bond donors (Lipinski definition) is 2. The fourth-order valence-electron chi connectivity index (χ4n) is 4.04. The van der Waals surface area contributed by atoms with Crippen LogP contribution in [0.2, 0.25) is 0 Å². The van der Waals surface area contributed by atoms with Crippen molar-refractivity contribution in [2.75, 3.05) is 37.0 Å². The standard InChI is InChI=1S/C20H31N3O2/c1-15-13-18(23-11-3-4-12-23)9-10-19(15)21-20(25)22(2)17-7-5-16(14-24)6-8-17/h9-10,13,16-17,24H,3-8,11-12,14H2,1-2H3,(H,21,25). The molecule has 1 saturated carbocycles. The third kappa shape index (κ3) is 4.27. The van der Waals surface area contributed by atoms with Crippen molar-refractivity contribution in [3.8, 4) is 0 Å². The Morgan fingerprint density at radius 2 is 1.92 bits per heavy atom. The molecule has 0 unspecified atom stereocenters. The maximum Gasteiger partial charge on any atom is 0.321 e. The molecule has 1 heterocycles. The minimum atomic E-state index is -0.0375. The number of amides is 2. The number of urea groups is 1. The fraction of sp³-hybridized carbons (Fsp3) is 0.650.